The number of hydrogen-bond acceptors (Lipinski definition) is 4. The van der Waals surface area contributed by atoms with Gasteiger partial charge in [-0.1, -0.05) is 90.8 Å². The molecule has 1 atom stereocenters. The molecule has 0 saturated heterocycles. The Hall–Kier alpha value is -1.67. The average molecular weight is 558 g/mol. The van der Waals surface area contributed by atoms with E-state index in [-0.39, 0.29) is 13.0 Å². The van der Waals surface area contributed by atoms with Crippen LogP contribution in [-0.2, 0) is 14.7 Å². The molecule has 0 heterocycles. The van der Waals surface area contributed by atoms with E-state index in [2.05, 4.69) is 41.7 Å². The highest BCUT2D eigenvalue weighted by Crippen LogP contribution is 2.69. The molecule has 4 nitrogen and oxygen atoms in total. The summed E-state index contributed by atoms with van der Waals surface area (Å²) < 4.78 is 26.3. The van der Waals surface area contributed by atoms with E-state index < -0.39 is 24.9 Å². The van der Waals surface area contributed by atoms with Crippen LogP contribution in [0.4, 0.5) is 0 Å². The standard InChI is InChI=1S/C30H38ClNO3P2/c1-36(2,34)29(33,37(3,4)35)21-22-32-30(25-13-6-5-7-14-25,27-15-8-9-16-28(27)31)26-19-17-24(18-20-26)23-11-10-12-23/h5-9,13-20,23,32-33H,10-12,21-22H2,1-4H3. The summed E-state index contributed by atoms with van der Waals surface area (Å²) in [4.78, 5) is 0. The van der Waals surface area contributed by atoms with Gasteiger partial charge in [-0.2, -0.15) is 0 Å². The molecule has 3 aromatic rings. The molecule has 0 aliphatic heterocycles. The van der Waals surface area contributed by atoms with Crippen LogP contribution < -0.4 is 5.32 Å². The molecule has 0 aromatic heterocycles. The Morgan fingerprint density at radius 1 is 0.838 bits per heavy atom. The zero-order chi connectivity index (χ0) is 26.9. The van der Waals surface area contributed by atoms with Gasteiger partial charge in [-0.05, 0) is 73.7 Å². The van der Waals surface area contributed by atoms with Crippen LogP contribution in [-0.4, -0.2) is 43.4 Å². The smallest absolute Gasteiger partial charge is 0.169 e. The lowest BCUT2D eigenvalue weighted by molar-refractivity contribution is 0.187. The van der Waals surface area contributed by atoms with Crippen molar-refractivity contribution in [3.63, 3.8) is 0 Å². The Bertz CT molecular complexity index is 1290. The Morgan fingerprint density at radius 2 is 1.38 bits per heavy atom. The second-order valence-corrected chi connectivity index (χ2v) is 18.6. The lowest BCUT2D eigenvalue weighted by atomic mass is 9.75. The first kappa shape index (κ1) is 28.3. The molecule has 1 aliphatic rings. The average Bonchev–Trinajstić information content (AvgIpc) is 2.81. The molecule has 0 radical (unpaired) electrons. The van der Waals surface area contributed by atoms with E-state index in [1.807, 2.05) is 42.5 Å². The summed E-state index contributed by atoms with van der Waals surface area (Å²) in [6.45, 7) is 6.35. The van der Waals surface area contributed by atoms with E-state index in [0.29, 0.717) is 10.9 Å². The van der Waals surface area contributed by atoms with Gasteiger partial charge in [0.15, 0.2) is 5.08 Å². The maximum Gasteiger partial charge on any atom is 0.169 e. The number of benzene rings is 3. The number of rotatable bonds is 10. The van der Waals surface area contributed by atoms with Gasteiger partial charge < -0.3 is 14.2 Å². The lowest BCUT2D eigenvalue weighted by Gasteiger charge is -2.40. The first-order valence-electron chi connectivity index (χ1n) is 12.9. The fraction of sp³-hybridized carbons (Fsp3) is 0.400. The number of halogens is 1. The Balaban J connectivity index is 1.84. The second-order valence-electron chi connectivity index (χ2n) is 11.0. The summed E-state index contributed by atoms with van der Waals surface area (Å²) in [5.74, 6) is 0.620. The van der Waals surface area contributed by atoms with Crippen molar-refractivity contribution in [2.75, 3.05) is 33.2 Å². The van der Waals surface area contributed by atoms with E-state index in [4.69, 9.17) is 11.6 Å². The van der Waals surface area contributed by atoms with E-state index in [0.717, 1.165) is 16.7 Å². The zero-order valence-corrected chi connectivity index (χ0v) is 24.7. The van der Waals surface area contributed by atoms with Crippen LogP contribution in [0.15, 0.2) is 78.9 Å². The molecule has 4 rings (SSSR count). The van der Waals surface area contributed by atoms with E-state index in [1.165, 1.54) is 51.5 Å². The molecule has 198 valence electrons. The minimum atomic E-state index is -3.11. The molecule has 0 spiro atoms. The number of nitrogens with one attached hydrogen (secondary N) is 1. The van der Waals surface area contributed by atoms with Gasteiger partial charge >= 0.3 is 0 Å². The van der Waals surface area contributed by atoms with Gasteiger partial charge in [0.25, 0.3) is 0 Å². The van der Waals surface area contributed by atoms with E-state index >= 15 is 0 Å². The molecule has 0 bridgehead atoms. The minimum absolute atomic E-state index is 0.0841. The van der Waals surface area contributed by atoms with Gasteiger partial charge in [0.05, 0.1) is 5.54 Å². The summed E-state index contributed by atoms with van der Waals surface area (Å²) in [7, 11) is -6.21. The molecule has 0 amide bonds. The van der Waals surface area contributed by atoms with Crippen molar-refractivity contribution in [3.8, 4) is 0 Å². The fourth-order valence-corrected chi connectivity index (χ4v) is 11.7. The minimum Gasteiger partial charge on any atom is -0.375 e. The van der Waals surface area contributed by atoms with Crippen molar-refractivity contribution in [3.05, 3.63) is 106 Å². The quantitative estimate of drug-likeness (QED) is 0.197. The molecule has 7 heteroatoms. The van der Waals surface area contributed by atoms with Gasteiger partial charge in [0.1, 0.15) is 14.3 Å². The second kappa shape index (κ2) is 10.8. The SMILES string of the molecule is CP(C)(=O)C(O)(CCNC(c1ccccc1)(c1ccc(C2CCC2)cc1)c1ccccc1Cl)P(C)(C)=O. The predicted molar refractivity (Wildman–Crippen MR) is 157 cm³/mol. The summed E-state index contributed by atoms with van der Waals surface area (Å²) in [6, 6.07) is 26.7. The zero-order valence-electron chi connectivity index (χ0n) is 22.2. The van der Waals surface area contributed by atoms with Crippen LogP contribution in [0, 0.1) is 0 Å². The highest BCUT2D eigenvalue weighted by molar-refractivity contribution is 7.81. The van der Waals surface area contributed by atoms with Gasteiger partial charge in [-0.25, -0.2) is 0 Å². The largest absolute Gasteiger partial charge is 0.375 e. The van der Waals surface area contributed by atoms with E-state index in [9.17, 15) is 14.2 Å². The van der Waals surface area contributed by atoms with Gasteiger partial charge in [-0.15, -0.1) is 0 Å². The monoisotopic (exact) mass is 557 g/mol. The molecule has 37 heavy (non-hydrogen) atoms. The van der Waals surface area contributed by atoms with Crippen molar-refractivity contribution in [2.24, 2.45) is 0 Å². The molecule has 1 fully saturated rings. The van der Waals surface area contributed by atoms with Crippen LogP contribution in [0.3, 0.4) is 0 Å². The maximum atomic E-state index is 13.2. The first-order valence-corrected chi connectivity index (χ1v) is 18.5. The summed E-state index contributed by atoms with van der Waals surface area (Å²) in [5, 5.41) is 14.1. The Labute approximate surface area is 226 Å². The molecule has 2 N–H and O–H groups in total. The van der Waals surface area contributed by atoms with E-state index in [1.54, 1.807) is 0 Å². The van der Waals surface area contributed by atoms with Crippen molar-refractivity contribution >= 4 is 25.9 Å². The predicted octanol–water partition coefficient (Wildman–Crippen LogP) is 7.77. The van der Waals surface area contributed by atoms with Crippen LogP contribution in [0.2, 0.25) is 5.02 Å². The normalized spacial score (nSPS) is 16.7. The summed E-state index contributed by atoms with van der Waals surface area (Å²) in [6.07, 6.45) is 3.82. The van der Waals surface area contributed by atoms with Crippen molar-refractivity contribution in [1.29, 1.82) is 0 Å². The number of hydrogen-bond donors (Lipinski definition) is 2. The van der Waals surface area contributed by atoms with Gasteiger partial charge in [0.2, 0.25) is 0 Å². The Morgan fingerprint density at radius 3 is 1.89 bits per heavy atom. The van der Waals surface area contributed by atoms with Crippen molar-refractivity contribution in [2.45, 2.75) is 42.2 Å². The topological polar surface area (TPSA) is 66.4 Å². The van der Waals surface area contributed by atoms with Crippen molar-refractivity contribution < 1.29 is 14.2 Å². The molecular weight excluding hydrogens is 520 g/mol. The maximum absolute atomic E-state index is 13.2. The highest BCUT2D eigenvalue weighted by atomic mass is 35.5. The third-order valence-corrected chi connectivity index (χ3v) is 15.1. The van der Waals surface area contributed by atoms with Crippen LogP contribution in [0.25, 0.3) is 0 Å². The molecule has 1 unspecified atom stereocenters. The van der Waals surface area contributed by atoms with Crippen LogP contribution in [0.5, 0.6) is 0 Å². The third-order valence-electron chi connectivity index (χ3n) is 7.98. The number of aliphatic hydroxyl groups is 1. The van der Waals surface area contributed by atoms with Crippen LogP contribution >= 0.6 is 25.9 Å². The van der Waals surface area contributed by atoms with Gasteiger partial charge in [0, 0.05) is 18.0 Å². The fourth-order valence-electron chi connectivity index (χ4n) is 5.51. The molecule has 1 saturated carbocycles. The Kier molecular flexibility index (Phi) is 8.30. The molecule has 1 aliphatic carbocycles. The molecular formula is C30H38ClNO3P2. The van der Waals surface area contributed by atoms with Crippen LogP contribution in [0.1, 0.15) is 53.9 Å². The van der Waals surface area contributed by atoms with Crippen molar-refractivity contribution in [1.82, 2.24) is 5.32 Å². The highest BCUT2D eigenvalue weighted by Gasteiger charge is 2.49. The summed E-state index contributed by atoms with van der Waals surface area (Å²) in [5.41, 5.74) is 3.41. The molecule has 3 aromatic carbocycles. The summed E-state index contributed by atoms with van der Waals surface area (Å²) >= 11 is 6.86. The van der Waals surface area contributed by atoms with Gasteiger partial charge in [-0.3, -0.25) is 5.32 Å². The lowest BCUT2D eigenvalue weighted by Crippen LogP contribution is -2.47. The third kappa shape index (κ3) is 5.42. The first-order chi connectivity index (χ1) is 17.4.